The number of amides is 1. The summed E-state index contributed by atoms with van der Waals surface area (Å²) in [4.78, 5) is 15.4. The van der Waals surface area contributed by atoms with Gasteiger partial charge in [0.2, 0.25) is 5.91 Å². The van der Waals surface area contributed by atoms with Crippen LogP contribution in [0, 0.1) is 0 Å². The molecule has 3 rings (SSSR count). The first-order valence-electron chi connectivity index (χ1n) is 4.48. The molecule has 1 aromatic carbocycles. The van der Waals surface area contributed by atoms with Crippen molar-refractivity contribution in [2.75, 3.05) is 5.32 Å². The lowest BCUT2D eigenvalue weighted by Gasteiger charge is -1.99. The fourth-order valence-corrected chi connectivity index (χ4v) is 1.85. The molecule has 0 fully saturated rings. The lowest BCUT2D eigenvalue weighted by molar-refractivity contribution is -0.115. The first-order chi connectivity index (χ1) is 6.74. The fraction of sp³-hybridized carbons (Fsp3) is 0.200. The van der Waals surface area contributed by atoms with E-state index in [4.69, 9.17) is 0 Å². The number of nitrogens with zero attached hydrogens (tertiary/aromatic N) is 2. The summed E-state index contributed by atoms with van der Waals surface area (Å²) < 4.78 is 1.96. The van der Waals surface area contributed by atoms with E-state index in [0.717, 1.165) is 22.3 Å². The highest BCUT2D eigenvalue weighted by molar-refractivity contribution is 6.01. The molecule has 1 aliphatic heterocycles. The van der Waals surface area contributed by atoms with Crippen molar-refractivity contribution in [3.63, 3.8) is 0 Å². The minimum atomic E-state index is 0.0651. The van der Waals surface area contributed by atoms with E-state index in [0.29, 0.717) is 6.42 Å². The Balaban J connectivity index is 2.33. The molecule has 0 atom stereocenters. The summed E-state index contributed by atoms with van der Waals surface area (Å²) in [5, 5.41) is 2.81. The van der Waals surface area contributed by atoms with Crippen LogP contribution in [0.5, 0.6) is 0 Å². The monoisotopic (exact) mass is 187 g/mol. The molecule has 14 heavy (non-hydrogen) atoms. The second-order valence-electron chi connectivity index (χ2n) is 3.58. The molecule has 0 saturated heterocycles. The van der Waals surface area contributed by atoms with Gasteiger partial charge in [0.1, 0.15) is 0 Å². The van der Waals surface area contributed by atoms with Gasteiger partial charge in [-0.1, -0.05) is 0 Å². The van der Waals surface area contributed by atoms with Crippen LogP contribution in [0.15, 0.2) is 18.5 Å². The number of aryl methyl sites for hydroxylation is 1. The van der Waals surface area contributed by atoms with Crippen molar-refractivity contribution in [3.05, 3.63) is 24.0 Å². The van der Waals surface area contributed by atoms with Gasteiger partial charge in [0.05, 0.1) is 23.8 Å². The smallest absolute Gasteiger partial charge is 0.228 e. The first kappa shape index (κ1) is 7.55. The molecule has 70 valence electrons. The highest BCUT2D eigenvalue weighted by Crippen LogP contribution is 2.27. The summed E-state index contributed by atoms with van der Waals surface area (Å²) in [5.74, 6) is 0.0651. The van der Waals surface area contributed by atoms with Crippen molar-refractivity contribution < 1.29 is 4.79 Å². The molecule has 0 unspecified atom stereocenters. The van der Waals surface area contributed by atoms with E-state index in [1.54, 1.807) is 6.33 Å². The van der Waals surface area contributed by atoms with Crippen molar-refractivity contribution in [1.82, 2.24) is 9.55 Å². The van der Waals surface area contributed by atoms with Gasteiger partial charge in [-0.15, -0.1) is 0 Å². The molecular weight excluding hydrogens is 178 g/mol. The predicted octanol–water partition coefficient (Wildman–Crippen LogP) is 1.07. The maximum atomic E-state index is 11.1. The largest absolute Gasteiger partial charge is 0.334 e. The number of aromatic nitrogens is 2. The minimum absolute atomic E-state index is 0.0651. The van der Waals surface area contributed by atoms with Crippen molar-refractivity contribution in [2.45, 2.75) is 6.42 Å². The van der Waals surface area contributed by atoms with Gasteiger partial charge in [0.25, 0.3) is 0 Å². The van der Waals surface area contributed by atoms with Crippen LogP contribution in [0.2, 0.25) is 0 Å². The van der Waals surface area contributed by atoms with Gasteiger partial charge in [0.15, 0.2) is 0 Å². The minimum Gasteiger partial charge on any atom is -0.334 e. The molecule has 0 aliphatic carbocycles. The molecule has 1 amide bonds. The van der Waals surface area contributed by atoms with E-state index in [9.17, 15) is 4.79 Å². The van der Waals surface area contributed by atoms with Gasteiger partial charge in [-0.25, -0.2) is 4.98 Å². The third-order valence-electron chi connectivity index (χ3n) is 2.58. The van der Waals surface area contributed by atoms with Crippen LogP contribution >= 0.6 is 0 Å². The van der Waals surface area contributed by atoms with Gasteiger partial charge >= 0.3 is 0 Å². The number of carbonyl (C=O) groups is 1. The van der Waals surface area contributed by atoms with Crippen LogP contribution in [0.25, 0.3) is 11.0 Å². The average Bonchev–Trinajstić information content (AvgIpc) is 2.66. The molecule has 1 aromatic heterocycles. The maximum Gasteiger partial charge on any atom is 0.228 e. The number of anilines is 1. The zero-order valence-corrected chi connectivity index (χ0v) is 7.74. The van der Waals surface area contributed by atoms with E-state index in [2.05, 4.69) is 10.3 Å². The number of imidazole rings is 1. The molecule has 4 nitrogen and oxygen atoms in total. The van der Waals surface area contributed by atoms with Crippen LogP contribution in [-0.4, -0.2) is 15.5 Å². The summed E-state index contributed by atoms with van der Waals surface area (Å²) in [6, 6.07) is 3.95. The van der Waals surface area contributed by atoms with E-state index >= 15 is 0 Å². The lowest BCUT2D eigenvalue weighted by Crippen LogP contribution is -2.03. The molecule has 2 heterocycles. The lowest BCUT2D eigenvalue weighted by atomic mass is 10.1. The Morgan fingerprint density at radius 1 is 1.50 bits per heavy atom. The fourth-order valence-electron chi connectivity index (χ4n) is 1.85. The SMILES string of the molecule is Cn1cnc2cc3c(cc21)CC(=O)N3. The van der Waals surface area contributed by atoms with E-state index in [1.807, 2.05) is 23.7 Å². The average molecular weight is 187 g/mol. The molecule has 4 heteroatoms. The van der Waals surface area contributed by atoms with E-state index < -0.39 is 0 Å². The van der Waals surface area contributed by atoms with Gasteiger partial charge in [0, 0.05) is 12.7 Å². The van der Waals surface area contributed by atoms with Crippen molar-refractivity contribution in [3.8, 4) is 0 Å². The van der Waals surface area contributed by atoms with Gasteiger partial charge in [-0.2, -0.15) is 0 Å². The predicted molar refractivity (Wildman–Crippen MR) is 53.0 cm³/mol. The normalized spacial score (nSPS) is 14.5. The summed E-state index contributed by atoms with van der Waals surface area (Å²) in [6.07, 6.45) is 2.26. The quantitative estimate of drug-likeness (QED) is 0.670. The van der Waals surface area contributed by atoms with Crippen molar-refractivity contribution >= 4 is 22.6 Å². The molecule has 1 aliphatic rings. The molecular formula is C10H9N3O. The third kappa shape index (κ3) is 0.878. The van der Waals surface area contributed by atoms with E-state index in [1.165, 1.54) is 0 Å². The number of benzene rings is 1. The zero-order chi connectivity index (χ0) is 9.71. The number of hydrogen-bond donors (Lipinski definition) is 1. The Bertz CT molecular complexity index is 542. The van der Waals surface area contributed by atoms with Crippen molar-refractivity contribution in [2.24, 2.45) is 7.05 Å². The Labute approximate surface area is 80.6 Å². The van der Waals surface area contributed by atoms with Crippen LogP contribution in [0.1, 0.15) is 5.56 Å². The van der Waals surface area contributed by atoms with Crippen LogP contribution in [0.3, 0.4) is 0 Å². The molecule has 0 spiro atoms. The number of carbonyl (C=O) groups excluding carboxylic acids is 1. The van der Waals surface area contributed by atoms with Crippen LogP contribution < -0.4 is 5.32 Å². The molecule has 0 radical (unpaired) electrons. The number of nitrogens with one attached hydrogen (secondary N) is 1. The van der Waals surface area contributed by atoms with Gasteiger partial charge in [-0.05, 0) is 17.7 Å². The van der Waals surface area contributed by atoms with Crippen molar-refractivity contribution in [1.29, 1.82) is 0 Å². The van der Waals surface area contributed by atoms with Gasteiger partial charge < -0.3 is 9.88 Å². The molecule has 0 bridgehead atoms. The number of rotatable bonds is 0. The Morgan fingerprint density at radius 2 is 2.36 bits per heavy atom. The summed E-state index contributed by atoms with van der Waals surface area (Å²) in [6.45, 7) is 0. The Kier molecular flexibility index (Phi) is 1.27. The van der Waals surface area contributed by atoms with Crippen LogP contribution in [0.4, 0.5) is 5.69 Å². The molecule has 1 N–H and O–H groups in total. The summed E-state index contributed by atoms with van der Waals surface area (Å²) in [5.41, 5.74) is 3.96. The Hall–Kier alpha value is -1.84. The topological polar surface area (TPSA) is 46.9 Å². The standard InChI is InChI=1S/C10H9N3O/c1-13-5-11-8-4-7-6(2-9(8)13)3-10(14)12-7/h2,4-5H,3H2,1H3,(H,12,14). The van der Waals surface area contributed by atoms with Gasteiger partial charge in [-0.3, -0.25) is 4.79 Å². The Morgan fingerprint density at radius 3 is 3.21 bits per heavy atom. The summed E-state index contributed by atoms with van der Waals surface area (Å²) in [7, 11) is 1.95. The van der Waals surface area contributed by atoms with E-state index in [-0.39, 0.29) is 5.91 Å². The van der Waals surface area contributed by atoms with Crippen LogP contribution in [-0.2, 0) is 18.3 Å². The highest BCUT2D eigenvalue weighted by atomic mass is 16.1. The first-order valence-corrected chi connectivity index (χ1v) is 4.48. The summed E-state index contributed by atoms with van der Waals surface area (Å²) >= 11 is 0. The third-order valence-corrected chi connectivity index (χ3v) is 2.58. The highest BCUT2D eigenvalue weighted by Gasteiger charge is 2.18. The second-order valence-corrected chi connectivity index (χ2v) is 3.58. The number of hydrogen-bond acceptors (Lipinski definition) is 2. The number of fused-ring (bicyclic) bond motifs is 2. The zero-order valence-electron chi connectivity index (χ0n) is 7.74. The molecule has 2 aromatic rings. The maximum absolute atomic E-state index is 11.1. The second kappa shape index (κ2) is 2.35. The molecule has 0 saturated carbocycles.